The summed E-state index contributed by atoms with van der Waals surface area (Å²) < 4.78 is 51.2. The fourth-order valence-electron chi connectivity index (χ4n) is 3.97. The van der Waals surface area contributed by atoms with Gasteiger partial charge in [0.25, 0.3) is 10.0 Å². The number of rotatable bonds is 8. The number of aromatic nitrogens is 1. The van der Waals surface area contributed by atoms with Crippen molar-refractivity contribution in [2.75, 3.05) is 28.4 Å². The van der Waals surface area contributed by atoms with E-state index in [1.54, 1.807) is 30.3 Å². The van der Waals surface area contributed by atoms with Crippen LogP contribution in [0.15, 0.2) is 64.1 Å². The Labute approximate surface area is 211 Å². The highest BCUT2D eigenvalue weighted by Gasteiger charge is 2.28. The van der Waals surface area contributed by atoms with Crippen molar-refractivity contribution in [3.05, 3.63) is 64.8 Å². The Morgan fingerprint density at radius 2 is 1.54 bits per heavy atom. The van der Waals surface area contributed by atoms with Crippen molar-refractivity contribution in [2.24, 2.45) is 0 Å². The molecule has 35 heavy (non-hydrogen) atoms. The zero-order valence-corrected chi connectivity index (χ0v) is 21.8. The topological polar surface area (TPSA) is 93.1 Å². The van der Waals surface area contributed by atoms with Gasteiger partial charge in [-0.2, -0.15) is 0 Å². The molecule has 4 rings (SSSR count). The van der Waals surface area contributed by atoms with Gasteiger partial charge in [0.1, 0.15) is 5.75 Å². The fourth-order valence-corrected chi connectivity index (χ4v) is 5.59. The molecule has 0 aliphatic rings. The first-order chi connectivity index (χ1) is 16.8. The number of hydrogen-bond donors (Lipinski definition) is 0. The van der Waals surface area contributed by atoms with Crippen LogP contribution >= 0.6 is 15.9 Å². The summed E-state index contributed by atoms with van der Waals surface area (Å²) >= 11 is 3.33. The maximum atomic E-state index is 13.7. The van der Waals surface area contributed by atoms with E-state index in [4.69, 9.17) is 18.9 Å². The Hall–Kier alpha value is -3.50. The van der Waals surface area contributed by atoms with Gasteiger partial charge in [0.15, 0.2) is 17.8 Å². The van der Waals surface area contributed by atoms with Crippen molar-refractivity contribution in [1.82, 2.24) is 3.97 Å². The maximum Gasteiger partial charge on any atom is 0.268 e. The molecule has 0 spiro atoms. The van der Waals surface area contributed by atoms with Crippen LogP contribution < -0.4 is 18.9 Å². The third-order valence-corrected chi connectivity index (χ3v) is 7.82. The average molecular weight is 560 g/mol. The van der Waals surface area contributed by atoms with Crippen LogP contribution in [0, 0.1) is 0 Å². The molecule has 0 fully saturated rings. The van der Waals surface area contributed by atoms with Crippen LogP contribution in [0.3, 0.4) is 0 Å². The van der Waals surface area contributed by atoms with E-state index in [0.29, 0.717) is 39.8 Å². The molecule has 0 bridgehead atoms. The lowest BCUT2D eigenvalue weighted by Gasteiger charge is -2.17. The first-order valence-electron chi connectivity index (χ1n) is 10.3. The van der Waals surface area contributed by atoms with Crippen molar-refractivity contribution in [3.8, 4) is 34.1 Å². The smallest absolute Gasteiger partial charge is 0.268 e. The molecule has 0 amide bonds. The molecule has 4 aromatic rings. The third-order valence-electron chi connectivity index (χ3n) is 5.61. The molecule has 1 heterocycles. The summed E-state index contributed by atoms with van der Waals surface area (Å²) in [6.45, 7) is 0. The van der Waals surface area contributed by atoms with Crippen LogP contribution in [0.1, 0.15) is 10.4 Å². The molecule has 0 radical (unpaired) electrons. The van der Waals surface area contributed by atoms with Gasteiger partial charge < -0.3 is 18.9 Å². The van der Waals surface area contributed by atoms with Crippen molar-refractivity contribution in [1.29, 1.82) is 0 Å². The number of ether oxygens (including phenoxy) is 4. The van der Waals surface area contributed by atoms with Gasteiger partial charge in [-0.3, -0.25) is 4.79 Å². The van der Waals surface area contributed by atoms with Crippen molar-refractivity contribution in [3.63, 3.8) is 0 Å². The Morgan fingerprint density at radius 3 is 2.11 bits per heavy atom. The Morgan fingerprint density at radius 1 is 0.857 bits per heavy atom. The summed E-state index contributed by atoms with van der Waals surface area (Å²) in [5.41, 5.74) is 1.45. The van der Waals surface area contributed by atoms with Crippen LogP contribution in [-0.2, 0) is 10.0 Å². The summed E-state index contributed by atoms with van der Waals surface area (Å²) in [7, 11) is 1.84. The normalized spacial score (nSPS) is 11.3. The third kappa shape index (κ3) is 4.12. The minimum absolute atomic E-state index is 0.0989. The van der Waals surface area contributed by atoms with E-state index in [-0.39, 0.29) is 22.0 Å². The number of methoxy groups -OCH3 is 4. The summed E-state index contributed by atoms with van der Waals surface area (Å²) in [5.74, 6) is 1.30. The lowest BCUT2D eigenvalue weighted by atomic mass is 9.97. The largest absolute Gasteiger partial charge is 0.497 e. The zero-order chi connectivity index (χ0) is 25.3. The SMILES string of the molecule is COc1ccc2c(-c3c(C=O)cc(OC)c(OC)c3OC)cn(S(=O)(=O)c3ccc(Br)cc3)c2c1. The summed E-state index contributed by atoms with van der Waals surface area (Å²) in [5, 5.41) is 0.570. The zero-order valence-electron chi connectivity index (χ0n) is 19.4. The minimum Gasteiger partial charge on any atom is -0.497 e. The highest BCUT2D eigenvalue weighted by molar-refractivity contribution is 9.10. The van der Waals surface area contributed by atoms with Gasteiger partial charge in [0.05, 0.1) is 38.9 Å². The lowest BCUT2D eigenvalue weighted by molar-refractivity contribution is 0.112. The summed E-state index contributed by atoms with van der Waals surface area (Å²) in [6, 6.07) is 12.9. The second-order valence-corrected chi connectivity index (χ2v) is 10.1. The van der Waals surface area contributed by atoms with Gasteiger partial charge in [0, 0.05) is 38.8 Å². The summed E-state index contributed by atoms with van der Waals surface area (Å²) in [4.78, 5) is 12.2. The standard InChI is InChI=1S/C25H22BrNO7S/c1-31-17-7-10-19-20(23-15(14-28)11-22(32-2)24(33-3)25(23)34-4)13-27(21(19)12-17)35(29,30)18-8-5-16(26)6-9-18/h5-14H,1-4H3. The predicted molar refractivity (Wildman–Crippen MR) is 136 cm³/mol. The first-order valence-corrected chi connectivity index (χ1v) is 12.5. The Balaban J connectivity index is 2.12. The molecule has 0 aliphatic carbocycles. The van der Waals surface area contributed by atoms with Crippen LogP contribution in [-0.4, -0.2) is 47.1 Å². The van der Waals surface area contributed by atoms with E-state index in [9.17, 15) is 13.2 Å². The fraction of sp³-hybridized carbons (Fsp3) is 0.160. The van der Waals surface area contributed by atoms with Gasteiger partial charge in [-0.05, 0) is 42.5 Å². The van der Waals surface area contributed by atoms with E-state index < -0.39 is 10.0 Å². The van der Waals surface area contributed by atoms with E-state index in [2.05, 4.69) is 15.9 Å². The number of aldehydes is 1. The number of carbonyl (C=O) groups excluding carboxylic acids is 1. The number of nitrogens with zero attached hydrogens (tertiary/aromatic N) is 1. The van der Waals surface area contributed by atoms with Gasteiger partial charge in [-0.15, -0.1) is 0 Å². The van der Waals surface area contributed by atoms with Crippen molar-refractivity contribution in [2.45, 2.75) is 4.90 Å². The van der Waals surface area contributed by atoms with E-state index in [1.807, 2.05) is 0 Å². The van der Waals surface area contributed by atoms with Crippen LogP contribution in [0.25, 0.3) is 22.0 Å². The Kier molecular flexibility index (Phi) is 6.77. The van der Waals surface area contributed by atoms with Crippen LogP contribution in [0.2, 0.25) is 0 Å². The van der Waals surface area contributed by atoms with Crippen molar-refractivity contribution < 1.29 is 32.2 Å². The molecule has 1 aromatic heterocycles. The van der Waals surface area contributed by atoms with Gasteiger partial charge in [0.2, 0.25) is 5.75 Å². The molecule has 0 N–H and O–H groups in total. The van der Waals surface area contributed by atoms with E-state index >= 15 is 0 Å². The molecular weight excluding hydrogens is 538 g/mol. The molecule has 0 atom stereocenters. The highest BCUT2D eigenvalue weighted by Crippen LogP contribution is 2.48. The molecule has 0 aliphatic heterocycles. The monoisotopic (exact) mass is 559 g/mol. The molecule has 0 saturated heterocycles. The molecule has 8 nitrogen and oxygen atoms in total. The second-order valence-electron chi connectivity index (χ2n) is 7.41. The molecule has 182 valence electrons. The minimum atomic E-state index is -4.01. The quantitative estimate of drug-likeness (QED) is 0.275. The number of fused-ring (bicyclic) bond motifs is 1. The lowest BCUT2D eigenvalue weighted by Crippen LogP contribution is -2.11. The Bertz CT molecular complexity index is 1530. The summed E-state index contributed by atoms with van der Waals surface area (Å²) in [6.07, 6.45) is 2.13. The highest BCUT2D eigenvalue weighted by atomic mass is 79.9. The van der Waals surface area contributed by atoms with Gasteiger partial charge in [-0.1, -0.05) is 15.9 Å². The van der Waals surface area contributed by atoms with Crippen molar-refractivity contribution >= 4 is 43.1 Å². The second kappa shape index (κ2) is 9.63. The molecule has 0 unspecified atom stereocenters. The first kappa shape index (κ1) is 24.6. The number of halogens is 1. The molecule has 0 saturated carbocycles. The molecular formula is C25H22BrNO7S. The van der Waals surface area contributed by atoms with Crippen LogP contribution in [0.4, 0.5) is 0 Å². The van der Waals surface area contributed by atoms with Crippen LogP contribution in [0.5, 0.6) is 23.0 Å². The van der Waals surface area contributed by atoms with Gasteiger partial charge in [-0.25, -0.2) is 12.4 Å². The maximum absolute atomic E-state index is 13.7. The average Bonchev–Trinajstić information content (AvgIpc) is 3.26. The predicted octanol–water partition coefficient (Wildman–Crippen LogP) is 5.15. The van der Waals surface area contributed by atoms with E-state index in [0.717, 1.165) is 4.47 Å². The van der Waals surface area contributed by atoms with E-state index in [1.165, 1.54) is 56.8 Å². The number of hydrogen-bond acceptors (Lipinski definition) is 7. The molecule has 10 heteroatoms. The number of benzene rings is 3. The number of carbonyl (C=O) groups is 1. The molecule has 3 aromatic carbocycles. The van der Waals surface area contributed by atoms with Gasteiger partial charge >= 0.3 is 0 Å².